The Kier molecular flexibility index (Phi) is 6.25. The number of aryl methyl sites for hydroxylation is 3. The molecule has 9 heteroatoms. The Balaban J connectivity index is 1.63. The van der Waals surface area contributed by atoms with Gasteiger partial charge < -0.3 is 0 Å². The van der Waals surface area contributed by atoms with Crippen LogP contribution in [-0.2, 0) is 24.8 Å². The summed E-state index contributed by atoms with van der Waals surface area (Å²) in [5, 5.41) is 1.62. The second kappa shape index (κ2) is 9.06. The third kappa shape index (κ3) is 4.39. The minimum atomic E-state index is -4.41. The molecule has 0 saturated heterocycles. The van der Waals surface area contributed by atoms with Crippen LogP contribution in [0.5, 0.6) is 0 Å². The van der Waals surface area contributed by atoms with Crippen molar-refractivity contribution in [1.82, 2.24) is 9.55 Å². The van der Waals surface area contributed by atoms with Crippen LogP contribution in [0.25, 0.3) is 15.9 Å². The molecule has 4 aromatic rings. The molecule has 0 unspecified atom stereocenters. The summed E-state index contributed by atoms with van der Waals surface area (Å²) < 4.78 is 41.0. The molecule has 0 radical (unpaired) electrons. The second-order valence-corrected chi connectivity index (χ2v) is 10.8. The van der Waals surface area contributed by atoms with E-state index in [9.17, 15) is 18.0 Å². The van der Waals surface area contributed by atoms with Crippen molar-refractivity contribution in [3.63, 3.8) is 0 Å². The van der Waals surface area contributed by atoms with Gasteiger partial charge >= 0.3 is 6.18 Å². The normalized spacial score (nSPS) is 13.9. The third-order valence-electron chi connectivity index (χ3n) is 5.99. The smallest absolute Gasteiger partial charge is 0.268 e. The first-order valence-electron chi connectivity index (χ1n) is 10.8. The molecule has 0 saturated carbocycles. The van der Waals surface area contributed by atoms with Gasteiger partial charge in [0.2, 0.25) is 0 Å². The lowest BCUT2D eigenvalue weighted by atomic mass is 9.97. The number of hydrogen-bond donors (Lipinski definition) is 0. The number of fused-ring (bicyclic) bond motifs is 3. The molecule has 0 N–H and O–H groups in total. The van der Waals surface area contributed by atoms with Gasteiger partial charge in [0.1, 0.15) is 4.83 Å². The first-order chi connectivity index (χ1) is 16.2. The maximum Gasteiger partial charge on any atom is 0.416 e. The molecule has 2 heterocycles. The van der Waals surface area contributed by atoms with Gasteiger partial charge in [0, 0.05) is 15.7 Å². The fourth-order valence-electron chi connectivity index (χ4n) is 4.22. The fraction of sp³-hybridized carbons (Fsp3) is 0.280. The van der Waals surface area contributed by atoms with Gasteiger partial charge in [-0.3, -0.25) is 9.36 Å². The SMILES string of the molecule is Cc1ccc(-n2c(SCc3cccc(C(F)(F)F)c3)nc3sc4c(c3c2=O)CCCC4)cc1Cl. The number of thiophene rings is 1. The third-order valence-corrected chi connectivity index (χ3v) is 8.60. The van der Waals surface area contributed by atoms with Gasteiger partial charge in [-0.1, -0.05) is 47.6 Å². The van der Waals surface area contributed by atoms with Crippen molar-refractivity contribution in [2.45, 2.75) is 49.7 Å². The van der Waals surface area contributed by atoms with Crippen molar-refractivity contribution >= 4 is 44.9 Å². The van der Waals surface area contributed by atoms with Gasteiger partial charge in [-0.2, -0.15) is 13.2 Å². The first kappa shape index (κ1) is 23.5. The Morgan fingerprint density at radius 1 is 1.15 bits per heavy atom. The zero-order chi connectivity index (χ0) is 24.0. The number of thioether (sulfide) groups is 1. The maximum atomic E-state index is 13.8. The summed E-state index contributed by atoms with van der Waals surface area (Å²) in [4.78, 5) is 20.5. The standard InChI is InChI=1S/C25H20ClF3N2OS2/c1-14-9-10-17(12-19(14)26)31-23(32)21-18-7-2-3-8-20(18)34-22(21)30-24(31)33-13-15-5-4-6-16(11-15)25(27,28)29/h4-6,9-12H,2-3,7-8,13H2,1H3. The largest absolute Gasteiger partial charge is 0.416 e. The van der Waals surface area contributed by atoms with E-state index in [2.05, 4.69) is 0 Å². The maximum absolute atomic E-state index is 13.8. The highest BCUT2D eigenvalue weighted by Gasteiger charge is 2.30. The molecule has 0 spiro atoms. The summed E-state index contributed by atoms with van der Waals surface area (Å²) in [5.41, 5.74) is 2.23. The van der Waals surface area contributed by atoms with Crippen LogP contribution in [0, 0.1) is 6.92 Å². The van der Waals surface area contributed by atoms with E-state index in [-0.39, 0.29) is 11.3 Å². The minimum Gasteiger partial charge on any atom is -0.268 e. The van der Waals surface area contributed by atoms with Gasteiger partial charge in [0.15, 0.2) is 5.16 Å². The zero-order valence-electron chi connectivity index (χ0n) is 18.2. The highest BCUT2D eigenvalue weighted by Crippen LogP contribution is 2.36. The Morgan fingerprint density at radius 3 is 2.71 bits per heavy atom. The van der Waals surface area contributed by atoms with Crippen LogP contribution in [0.4, 0.5) is 13.2 Å². The summed E-state index contributed by atoms with van der Waals surface area (Å²) in [6.07, 6.45) is -0.468. The minimum absolute atomic E-state index is 0.157. The Labute approximate surface area is 207 Å². The Bertz CT molecular complexity index is 1460. The Hall–Kier alpha value is -2.29. The molecule has 34 heavy (non-hydrogen) atoms. The molecular formula is C25H20ClF3N2OS2. The van der Waals surface area contributed by atoms with E-state index >= 15 is 0 Å². The van der Waals surface area contributed by atoms with Crippen LogP contribution in [0.2, 0.25) is 5.02 Å². The topological polar surface area (TPSA) is 34.9 Å². The van der Waals surface area contributed by atoms with E-state index in [1.807, 2.05) is 19.1 Å². The van der Waals surface area contributed by atoms with Crippen LogP contribution >= 0.6 is 34.7 Å². The number of alkyl halides is 3. The molecule has 2 aromatic carbocycles. The molecule has 0 amide bonds. The highest BCUT2D eigenvalue weighted by atomic mass is 35.5. The molecule has 5 rings (SSSR count). The second-order valence-electron chi connectivity index (χ2n) is 8.35. The number of benzene rings is 2. The number of hydrogen-bond acceptors (Lipinski definition) is 4. The predicted octanol–water partition coefficient (Wildman–Crippen LogP) is 7.60. The number of rotatable bonds is 4. The molecule has 0 atom stereocenters. The fourth-order valence-corrected chi connectivity index (χ4v) is 6.65. The van der Waals surface area contributed by atoms with E-state index in [4.69, 9.17) is 16.6 Å². The first-order valence-corrected chi connectivity index (χ1v) is 13.0. The molecule has 176 valence electrons. The molecular weight excluding hydrogens is 501 g/mol. The number of nitrogens with zero attached hydrogens (tertiary/aromatic N) is 2. The monoisotopic (exact) mass is 520 g/mol. The summed E-state index contributed by atoms with van der Waals surface area (Å²) in [7, 11) is 0. The van der Waals surface area contributed by atoms with Gasteiger partial charge in [-0.25, -0.2) is 4.98 Å². The zero-order valence-corrected chi connectivity index (χ0v) is 20.6. The van der Waals surface area contributed by atoms with E-state index < -0.39 is 11.7 Å². The van der Waals surface area contributed by atoms with Crippen LogP contribution < -0.4 is 5.56 Å². The molecule has 1 aliphatic carbocycles. The van der Waals surface area contributed by atoms with Crippen LogP contribution in [0.15, 0.2) is 52.4 Å². The summed E-state index contributed by atoms with van der Waals surface area (Å²) in [6, 6.07) is 10.6. The molecule has 0 aliphatic heterocycles. The van der Waals surface area contributed by atoms with Crippen LogP contribution in [-0.4, -0.2) is 9.55 Å². The Morgan fingerprint density at radius 2 is 1.94 bits per heavy atom. The van der Waals surface area contributed by atoms with E-state index in [1.165, 1.54) is 22.7 Å². The molecule has 0 bridgehead atoms. The van der Waals surface area contributed by atoms with Crippen molar-refractivity contribution in [2.24, 2.45) is 0 Å². The molecule has 0 fully saturated rings. The van der Waals surface area contributed by atoms with Crippen LogP contribution in [0.3, 0.4) is 0 Å². The summed E-state index contributed by atoms with van der Waals surface area (Å²) in [6.45, 7) is 1.88. The quantitative estimate of drug-likeness (QED) is 0.205. The predicted molar refractivity (Wildman–Crippen MR) is 133 cm³/mol. The van der Waals surface area contributed by atoms with Gasteiger partial charge in [0.05, 0.1) is 16.6 Å². The van der Waals surface area contributed by atoms with Gasteiger partial charge in [0.25, 0.3) is 5.56 Å². The van der Waals surface area contributed by atoms with Crippen molar-refractivity contribution < 1.29 is 13.2 Å². The lowest BCUT2D eigenvalue weighted by Gasteiger charge is -2.15. The van der Waals surface area contributed by atoms with Crippen LogP contribution in [0.1, 0.15) is 40.0 Å². The van der Waals surface area contributed by atoms with Crippen molar-refractivity contribution in [1.29, 1.82) is 0 Å². The highest BCUT2D eigenvalue weighted by molar-refractivity contribution is 7.98. The van der Waals surface area contributed by atoms with Gasteiger partial charge in [-0.05, 0) is 67.5 Å². The van der Waals surface area contributed by atoms with Crippen molar-refractivity contribution in [3.05, 3.63) is 85.0 Å². The number of halogens is 4. The molecule has 2 aromatic heterocycles. The average Bonchev–Trinajstić information content (AvgIpc) is 3.18. The number of aromatic nitrogens is 2. The molecule has 1 aliphatic rings. The lowest BCUT2D eigenvalue weighted by Crippen LogP contribution is -2.22. The van der Waals surface area contributed by atoms with Crippen molar-refractivity contribution in [2.75, 3.05) is 0 Å². The van der Waals surface area contributed by atoms with Gasteiger partial charge in [-0.15, -0.1) is 11.3 Å². The van der Waals surface area contributed by atoms with E-state index in [0.717, 1.165) is 48.9 Å². The summed E-state index contributed by atoms with van der Waals surface area (Å²) in [5.74, 6) is 0.243. The van der Waals surface area contributed by atoms with E-state index in [0.29, 0.717) is 31.6 Å². The lowest BCUT2D eigenvalue weighted by molar-refractivity contribution is -0.137. The summed E-state index contributed by atoms with van der Waals surface area (Å²) >= 11 is 9.17. The van der Waals surface area contributed by atoms with E-state index in [1.54, 1.807) is 28.0 Å². The average molecular weight is 521 g/mol. The van der Waals surface area contributed by atoms with Crippen molar-refractivity contribution in [3.8, 4) is 5.69 Å². The molecule has 3 nitrogen and oxygen atoms in total.